The third-order valence-corrected chi connectivity index (χ3v) is 3.76. The number of rotatable bonds is 5. The van der Waals surface area contributed by atoms with Crippen molar-refractivity contribution in [3.8, 4) is 0 Å². The number of urea groups is 1. The van der Waals surface area contributed by atoms with Gasteiger partial charge in [0.25, 0.3) is 0 Å². The minimum absolute atomic E-state index is 0.267. The number of amides is 2. The number of hydrogen-bond donors (Lipinski definition) is 2. The summed E-state index contributed by atoms with van der Waals surface area (Å²) in [6.07, 6.45) is 0.584. The standard InChI is InChI=1S/C18H17ClN4O2/c1-12-21-17(23-25-12)10-13-4-8-16(9-5-13)22-18(24)20-11-14-2-6-15(19)7-3-14/h2-9H,10-11H2,1H3,(H2,20,22,24). The maximum absolute atomic E-state index is 12.0. The van der Waals surface area contributed by atoms with Gasteiger partial charge in [-0.2, -0.15) is 4.98 Å². The zero-order valence-electron chi connectivity index (χ0n) is 13.6. The first-order chi connectivity index (χ1) is 12.1. The fourth-order valence-electron chi connectivity index (χ4n) is 2.26. The highest BCUT2D eigenvalue weighted by Crippen LogP contribution is 2.13. The van der Waals surface area contributed by atoms with Crippen LogP contribution in [0.15, 0.2) is 53.1 Å². The van der Waals surface area contributed by atoms with E-state index in [2.05, 4.69) is 20.8 Å². The van der Waals surface area contributed by atoms with Crippen LogP contribution in [0.1, 0.15) is 22.8 Å². The Morgan fingerprint density at radius 3 is 2.40 bits per heavy atom. The molecule has 0 saturated carbocycles. The normalized spacial score (nSPS) is 10.5. The molecule has 0 aliphatic carbocycles. The Bertz CT molecular complexity index is 844. The van der Waals surface area contributed by atoms with E-state index in [1.807, 2.05) is 36.4 Å². The smallest absolute Gasteiger partial charge is 0.319 e. The molecule has 6 nitrogen and oxygen atoms in total. The molecule has 0 aliphatic heterocycles. The number of carbonyl (C=O) groups is 1. The van der Waals surface area contributed by atoms with Crippen LogP contribution in [0.4, 0.5) is 10.5 Å². The van der Waals surface area contributed by atoms with Crippen LogP contribution in [0.3, 0.4) is 0 Å². The van der Waals surface area contributed by atoms with E-state index >= 15 is 0 Å². The number of nitrogens with zero attached hydrogens (tertiary/aromatic N) is 2. The molecule has 3 aromatic rings. The van der Waals surface area contributed by atoms with Gasteiger partial charge >= 0.3 is 6.03 Å². The summed E-state index contributed by atoms with van der Waals surface area (Å²) in [6.45, 7) is 2.18. The number of aromatic nitrogens is 2. The molecule has 0 aliphatic rings. The van der Waals surface area contributed by atoms with Crippen LogP contribution in [-0.4, -0.2) is 16.2 Å². The fraction of sp³-hybridized carbons (Fsp3) is 0.167. The van der Waals surface area contributed by atoms with E-state index in [1.54, 1.807) is 19.1 Å². The monoisotopic (exact) mass is 356 g/mol. The molecule has 0 bridgehead atoms. The Balaban J connectivity index is 1.50. The van der Waals surface area contributed by atoms with Gasteiger partial charge in [0.2, 0.25) is 5.89 Å². The van der Waals surface area contributed by atoms with Crippen LogP contribution >= 0.6 is 11.6 Å². The number of nitrogens with one attached hydrogen (secondary N) is 2. The number of hydrogen-bond acceptors (Lipinski definition) is 4. The second-order valence-corrected chi connectivity index (χ2v) is 5.97. The molecule has 7 heteroatoms. The summed E-state index contributed by atoms with van der Waals surface area (Å²) in [5, 5.41) is 10.1. The van der Waals surface area contributed by atoms with Gasteiger partial charge in [-0.15, -0.1) is 0 Å². The van der Waals surface area contributed by atoms with Crippen LogP contribution in [0.5, 0.6) is 0 Å². The van der Waals surface area contributed by atoms with Gasteiger partial charge in [0, 0.05) is 30.6 Å². The predicted octanol–water partition coefficient (Wildman–Crippen LogP) is 3.94. The molecule has 2 amide bonds. The highest BCUT2D eigenvalue weighted by Gasteiger charge is 2.05. The van der Waals surface area contributed by atoms with Gasteiger partial charge < -0.3 is 15.2 Å². The topological polar surface area (TPSA) is 80.0 Å². The molecule has 3 rings (SSSR count). The van der Waals surface area contributed by atoms with Crippen molar-refractivity contribution in [3.05, 3.63) is 76.4 Å². The molecule has 0 radical (unpaired) electrons. The van der Waals surface area contributed by atoms with Gasteiger partial charge in [0.1, 0.15) is 0 Å². The van der Waals surface area contributed by atoms with Gasteiger partial charge in [-0.1, -0.05) is 41.0 Å². The first kappa shape index (κ1) is 17.0. The largest absolute Gasteiger partial charge is 0.340 e. The first-order valence-corrected chi connectivity index (χ1v) is 8.14. The molecule has 128 valence electrons. The van der Waals surface area contributed by atoms with E-state index in [0.29, 0.717) is 35.4 Å². The van der Waals surface area contributed by atoms with E-state index < -0.39 is 0 Å². The maximum atomic E-state index is 12.0. The average molecular weight is 357 g/mol. The van der Waals surface area contributed by atoms with Crippen LogP contribution < -0.4 is 10.6 Å². The summed E-state index contributed by atoms with van der Waals surface area (Å²) in [4.78, 5) is 16.1. The Morgan fingerprint density at radius 1 is 1.08 bits per heavy atom. The maximum Gasteiger partial charge on any atom is 0.319 e. The predicted molar refractivity (Wildman–Crippen MR) is 95.6 cm³/mol. The summed E-state index contributed by atoms with van der Waals surface area (Å²) in [5.41, 5.74) is 2.72. The van der Waals surface area contributed by atoms with Gasteiger partial charge in [-0.3, -0.25) is 0 Å². The second-order valence-electron chi connectivity index (χ2n) is 5.54. The summed E-state index contributed by atoms with van der Waals surface area (Å²) < 4.78 is 4.95. The third kappa shape index (κ3) is 5.06. The van der Waals surface area contributed by atoms with Gasteiger partial charge in [0.05, 0.1) is 0 Å². The van der Waals surface area contributed by atoms with Crippen molar-refractivity contribution >= 4 is 23.3 Å². The quantitative estimate of drug-likeness (QED) is 0.725. The lowest BCUT2D eigenvalue weighted by molar-refractivity contribution is 0.251. The summed E-state index contributed by atoms with van der Waals surface area (Å²) in [6, 6.07) is 14.6. The van der Waals surface area contributed by atoms with Crippen LogP contribution in [0.2, 0.25) is 5.02 Å². The van der Waals surface area contributed by atoms with E-state index in [9.17, 15) is 4.79 Å². The average Bonchev–Trinajstić information content (AvgIpc) is 3.01. The molecule has 2 aromatic carbocycles. The zero-order chi connectivity index (χ0) is 17.6. The van der Waals surface area contributed by atoms with Crippen molar-refractivity contribution in [1.29, 1.82) is 0 Å². The third-order valence-electron chi connectivity index (χ3n) is 3.51. The Hall–Kier alpha value is -2.86. The van der Waals surface area contributed by atoms with Crippen molar-refractivity contribution in [1.82, 2.24) is 15.5 Å². The van der Waals surface area contributed by atoms with Crippen LogP contribution in [0.25, 0.3) is 0 Å². The Labute approximate surface area is 150 Å². The SMILES string of the molecule is Cc1nc(Cc2ccc(NC(=O)NCc3ccc(Cl)cc3)cc2)no1. The van der Waals surface area contributed by atoms with E-state index in [-0.39, 0.29) is 6.03 Å². The number of aryl methyl sites for hydroxylation is 1. The molecule has 25 heavy (non-hydrogen) atoms. The lowest BCUT2D eigenvalue weighted by Gasteiger charge is -2.08. The highest BCUT2D eigenvalue weighted by molar-refractivity contribution is 6.30. The van der Waals surface area contributed by atoms with Gasteiger partial charge in [0.15, 0.2) is 5.82 Å². The molecular formula is C18H17ClN4O2. The number of carbonyl (C=O) groups excluding carboxylic acids is 1. The Morgan fingerprint density at radius 2 is 1.76 bits per heavy atom. The van der Waals surface area contributed by atoms with Crippen molar-refractivity contribution in [3.63, 3.8) is 0 Å². The van der Waals surface area contributed by atoms with Crippen LogP contribution in [0, 0.1) is 6.92 Å². The van der Waals surface area contributed by atoms with Crippen molar-refractivity contribution in [2.24, 2.45) is 0 Å². The number of halogens is 1. The Kier molecular flexibility index (Phi) is 5.30. The molecule has 0 atom stereocenters. The van der Waals surface area contributed by atoms with E-state index in [0.717, 1.165) is 11.1 Å². The zero-order valence-corrected chi connectivity index (χ0v) is 14.4. The minimum atomic E-state index is -0.267. The van der Waals surface area contributed by atoms with Crippen LogP contribution in [-0.2, 0) is 13.0 Å². The summed E-state index contributed by atoms with van der Waals surface area (Å²) >= 11 is 5.83. The molecule has 1 heterocycles. The lowest BCUT2D eigenvalue weighted by atomic mass is 10.1. The highest BCUT2D eigenvalue weighted by atomic mass is 35.5. The lowest BCUT2D eigenvalue weighted by Crippen LogP contribution is -2.28. The molecule has 2 N–H and O–H groups in total. The molecule has 0 fully saturated rings. The molecule has 0 unspecified atom stereocenters. The van der Waals surface area contributed by atoms with E-state index in [1.165, 1.54) is 0 Å². The summed E-state index contributed by atoms with van der Waals surface area (Å²) in [7, 11) is 0. The van der Waals surface area contributed by atoms with Gasteiger partial charge in [-0.25, -0.2) is 4.79 Å². The van der Waals surface area contributed by atoms with E-state index in [4.69, 9.17) is 16.1 Å². The van der Waals surface area contributed by atoms with Crippen molar-refractivity contribution in [2.45, 2.75) is 19.9 Å². The summed E-state index contributed by atoms with van der Waals surface area (Å²) in [5.74, 6) is 1.18. The molecule has 1 aromatic heterocycles. The molecule has 0 spiro atoms. The molecule has 0 saturated heterocycles. The fourth-order valence-corrected chi connectivity index (χ4v) is 2.39. The van der Waals surface area contributed by atoms with Crippen molar-refractivity contribution in [2.75, 3.05) is 5.32 Å². The molecular weight excluding hydrogens is 340 g/mol. The van der Waals surface area contributed by atoms with Gasteiger partial charge in [-0.05, 0) is 35.4 Å². The minimum Gasteiger partial charge on any atom is -0.340 e. The number of benzene rings is 2. The first-order valence-electron chi connectivity index (χ1n) is 7.76. The second kappa shape index (κ2) is 7.81. The van der Waals surface area contributed by atoms with Crippen molar-refractivity contribution < 1.29 is 9.32 Å². The number of anilines is 1.